The van der Waals surface area contributed by atoms with Crippen molar-refractivity contribution in [2.75, 3.05) is 5.73 Å². The van der Waals surface area contributed by atoms with E-state index in [9.17, 15) is 0 Å². The van der Waals surface area contributed by atoms with Crippen LogP contribution in [-0.2, 0) is 0 Å². The molecule has 5 aromatic rings. The monoisotopic (exact) mass is 459 g/mol. The molecule has 0 amide bonds. The lowest BCUT2D eigenvalue weighted by Crippen LogP contribution is -2.12. The Bertz CT molecular complexity index is 1170. The van der Waals surface area contributed by atoms with Crippen LogP contribution < -0.4 is 5.73 Å². The zero-order chi connectivity index (χ0) is 23.3. The van der Waals surface area contributed by atoms with Gasteiger partial charge in [0, 0.05) is 22.5 Å². The molecule has 0 aliphatic heterocycles. The SMILES string of the molecule is Nc1c(C(c2ccccc2)c2ccccc2)cc(Cl)cc1C(c1ccccc1)c1ccccc1. The molecule has 0 atom stereocenters. The van der Waals surface area contributed by atoms with Gasteiger partial charge in [0.15, 0.2) is 0 Å². The molecule has 0 spiro atoms. The minimum atomic E-state index is -0.0213. The third kappa shape index (κ3) is 4.48. The summed E-state index contributed by atoms with van der Waals surface area (Å²) < 4.78 is 0. The number of hydrogen-bond donors (Lipinski definition) is 1. The summed E-state index contributed by atoms with van der Waals surface area (Å²) in [7, 11) is 0. The van der Waals surface area contributed by atoms with Crippen molar-refractivity contribution in [3.05, 3.63) is 172 Å². The minimum absolute atomic E-state index is 0.0213. The minimum Gasteiger partial charge on any atom is -0.398 e. The fourth-order valence-corrected chi connectivity index (χ4v) is 5.06. The fourth-order valence-electron chi connectivity index (χ4n) is 4.82. The van der Waals surface area contributed by atoms with E-state index in [-0.39, 0.29) is 11.8 Å². The van der Waals surface area contributed by atoms with Crippen molar-refractivity contribution >= 4 is 17.3 Å². The second-order valence-corrected chi connectivity index (χ2v) is 8.94. The standard InChI is InChI=1S/C32H26ClN/c33-27-21-28(30(23-13-5-1-6-14-23)24-15-7-2-8-16-24)32(34)29(22-27)31(25-17-9-3-10-18-25)26-19-11-4-12-20-26/h1-22,30-31H,34H2. The molecule has 0 saturated carbocycles. The first-order chi connectivity index (χ1) is 16.7. The first-order valence-corrected chi connectivity index (χ1v) is 11.9. The van der Waals surface area contributed by atoms with E-state index in [1.54, 1.807) is 0 Å². The zero-order valence-corrected chi connectivity index (χ0v) is 19.6. The van der Waals surface area contributed by atoms with E-state index in [0.29, 0.717) is 5.02 Å². The van der Waals surface area contributed by atoms with Crippen molar-refractivity contribution in [3.63, 3.8) is 0 Å². The van der Waals surface area contributed by atoms with Gasteiger partial charge in [-0.2, -0.15) is 0 Å². The number of nitrogen functional groups attached to an aromatic ring is 1. The van der Waals surface area contributed by atoms with Gasteiger partial charge in [-0.25, -0.2) is 0 Å². The third-order valence-electron chi connectivity index (χ3n) is 6.36. The Balaban J connectivity index is 1.75. The van der Waals surface area contributed by atoms with Gasteiger partial charge in [0.1, 0.15) is 0 Å². The molecule has 5 aromatic carbocycles. The zero-order valence-electron chi connectivity index (χ0n) is 18.8. The normalized spacial score (nSPS) is 11.1. The van der Waals surface area contributed by atoms with Gasteiger partial charge in [0.25, 0.3) is 0 Å². The Labute approximate surface area is 206 Å². The molecule has 2 heteroatoms. The van der Waals surface area contributed by atoms with Crippen molar-refractivity contribution in [1.29, 1.82) is 0 Å². The van der Waals surface area contributed by atoms with E-state index < -0.39 is 0 Å². The highest BCUT2D eigenvalue weighted by Gasteiger charge is 2.26. The molecule has 0 fully saturated rings. The van der Waals surface area contributed by atoms with Crippen LogP contribution in [0.25, 0.3) is 0 Å². The molecule has 0 aromatic heterocycles. The largest absolute Gasteiger partial charge is 0.398 e. The van der Waals surface area contributed by atoms with Crippen molar-refractivity contribution in [3.8, 4) is 0 Å². The first kappa shape index (κ1) is 22.0. The van der Waals surface area contributed by atoms with Crippen LogP contribution in [0.15, 0.2) is 133 Å². The molecule has 0 bridgehead atoms. The van der Waals surface area contributed by atoms with Gasteiger partial charge in [-0.3, -0.25) is 0 Å². The molecule has 0 heterocycles. The van der Waals surface area contributed by atoms with Gasteiger partial charge in [0.05, 0.1) is 0 Å². The van der Waals surface area contributed by atoms with Gasteiger partial charge in [-0.1, -0.05) is 133 Å². The highest BCUT2D eigenvalue weighted by molar-refractivity contribution is 6.30. The average Bonchev–Trinajstić information content (AvgIpc) is 2.89. The molecule has 0 saturated heterocycles. The number of nitrogens with two attached hydrogens (primary N) is 1. The van der Waals surface area contributed by atoms with Crippen LogP contribution in [0.2, 0.25) is 5.02 Å². The topological polar surface area (TPSA) is 26.0 Å². The van der Waals surface area contributed by atoms with Crippen molar-refractivity contribution in [2.45, 2.75) is 11.8 Å². The van der Waals surface area contributed by atoms with Gasteiger partial charge >= 0.3 is 0 Å². The predicted octanol–water partition coefficient (Wildman–Crippen LogP) is 8.28. The van der Waals surface area contributed by atoms with Crippen LogP contribution in [0, 0.1) is 0 Å². The summed E-state index contributed by atoms with van der Waals surface area (Å²) in [6.07, 6.45) is 0. The number of halogens is 1. The smallest absolute Gasteiger partial charge is 0.0413 e. The van der Waals surface area contributed by atoms with E-state index in [4.69, 9.17) is 17.3 Å². The average molecular weight is 460 g/mol. The van der Waals surface area contributed by atoms with Crippen LogP contribution in [0.1, 0.15) is 45.2 Å². The highest BCUT2D eigenvalue weighted by Crippen LogP contribution is 2.43. The van der Waals surface area contributed by atoms with Crippen LogP contribution in [0.3, 0.4) is 0 Å². The Morgan fingerprint density at radius 3 is 0.971 bits per heavy atom. The summed E-state index contributed by atoms with van der Waals surface area (Å²) in [5, 5.41) is 0.688. The second-order valence-electron chi connectivity index (χ2n) is 8.51. The molecule has 0 radical (unpaired) electrons. The Morgan fingerprint density at radius 2 is 0.706 bits per heavy atom. The van der Waals surface area contributed by atoms with E-state index in [2.05, 4.69) is 97.1 Å². The number of hydrogen-bond acceptors (Lipinski definition) is 1. The first-order valence-electron chi connectivity index (χ1n) is 11.5. The summed E-state index contributed by atoms with van der Waals surface area (Å²) in [6, 6.07) is 46.1. The quantitative estimate of drug-likeness (QED) is 0.200. The summed E-state index contributed by atoms with van der Waals surface area (Å²) in [5.41, 5.74) is 14.6. The Hall–Kier alpha value is -3.81. The lowest BCUT2D eigenvalue weighted by molar-refractivity contribution is 0.946. The molecule has 2 N–H and O–H groups in total. The maximum atomic E-state index is 7.04. The van der Waals surface area contributed by atoms with Crippen LogP contribution in [0.4, 0.5) is 5.69 Å². The molecule has 0 unspecified atom stereocenters. The maximum Gasteiger partial charge on any atom is 0.0413 e. The van der Waals surface area contributed by atoms with Crippen molar-refractivity contribution in [1.82, 2.24) is 0 Å². The molecule has 0 aliphatic rings. The van der Waals surface area contributed by atoms with Gasteiger partial charge < -0.3 is 5.73 Å². The van der Waals surface area contributed by atoms with E-state index >= 15 is 0 Å². The molecule has 166 valence electrons. The van der Waals surface area contributed by atoms with Crippen molar-refractivity contribution in [2.24, 2.45) is 0 Å². The van der Waals surface area contributed by atoms with E-state index in [0.717, 1.165) is 16.8 Å². The molecule has 0 aliphatic carbocycles. The van der Waals surface area contributed by atoms with Crippen LogP contribution in [0.5, 0.6) is 0 Å². The molecule has 5 rings (SSSR count). The Morgan fingerprint density at radius 1 is 0.441 bits per heavy atom. The summed E-state index contributed by atoms with van der Waals surface area (Å²) in [4.78, 5) is 0. The van der Waals surface area contributed by atoms with Gasteiger partial charge in [0.2, 0.25) is 0 Å². The van der Waals surface area contributed by atoms with Crippen LogP contribution >= 0.6 is 11.6 Å². The second kappa shape index (κ2) is 9.99. The van der Waals surface area contributed by atoms with Crippen molar-refractivity contribution < 1.29 is 0 Å². The number of benzene rings is 5. The molecular weight excluding hydrogens is 434 g/mol. The molecular formula is C32H26ClN. The van der Waals surface area contributed by atoms with E-state index in [1.165, 1.54) is 22.3 Å². The summed E-state index contributed by atoms with van der Waals surface area (Å²) in [6.45, 7) is 0. The predicted molar refractivity (Wildman–Crippen MR) is 144 cm³/mol. The Kier molecular flexibility index (Phi) is 6.46. The lowest BCUT2D eigenvalue weighted by Gasteiger charge is -2.26. The third-order valence-corrected chi connectivity index (χ3v) is 6.58. The molecule has 1 nitrogen and oxygen atoms in total. The maximum absolute atomic E-state index is 7.04. The lowest BCUT2D eigenvalue weighted by atomic mass is 9.79. The molecule has 34 heavy (non-hydrogen) atoms. The number of rotatable bonds is 6. The van der Waals surface area contributed by atoms with Crippen LogP contribution in [-0.4, -0.2) is 0 Å². The summed E-state index contributed by atoms with van der Waals surface area (Å²) >= 11 is 6.80. The fraction of sp³-hybridized carbons (Fsp3) is 0.0625. The summed E-state index contributed by atoms with van der Waals surface area (Å²) in [5.74, 6) is -0.0425. The number of anilines is 1. The van der Waals surface area contributed by atoms with E-state index in [1.807, 2.05) is 36.4 Å². The van der Waals surface area contributed by atoms with Gasteiger partial charge in [-0.15, -0.1) is 0 Å². The highest BCUT2D eigenvalue weighted by atomic mass is 35.5. The van der Waals surface area contributed by atoms with Gasteiger partial charge in [-0.05, 0) is 45.5 Å².